The van der Waals surface area contributed by atoms with Crippen LogP contribution in [0.15, 0.2) is 36.5 Å². The number of nitrogens with one attached hydrogen (secondary N) is 1. The Hall–Kier alpha value is -2.25. The van der Waals surface area contributed by atoms with Crippen LogP contribution in [-0.4, -0.2) is 49.9 Å². The van der Waals surface area contributed by atoms with E-state index in [1.54, 1.807) is 0 Å². The Labute approximate surface area is 115 Å². The molecule has 7 heteroatoms. The number of para-hydroxylation sites is 1. The largest absolute Gasteiger partial charge is 0.394 e. The van der Waals surface area contributed by atoms with Gasteiger partial charge in [-0.2, -0.15) is 9.90 Å². The number of hydrogen-bond donors (Lipinski definition) is 3. The van der Waals surface area contributed by atoms with Crippen LogP contribution in [0.5, 0.6) is 0 Å². The highest BCUT2D eigenvalue weighted by Crippen LogP contribution is 2.06. The van der Waals surface area contributed by atoms with Crippen LogP contribution in [0.1, 0.15) is 17.4 Å². The third kappa shape index (κ3) is 3.01. The summed E-state index contributed by atoms with van der Waals surface area (Å²) >= 11 is 0. The van der Waals surface area contributed by atoms with Gasteiger partial charge < -0.3 is 15.5 Å². The van der Waals surface area contributed by atoms with Crippen molar-refractivity contribution in [3.63, 3.8) is 0 Å². The summed E-state index contributed by atoms with van der Waals surface area (Å²) in [6, 6.07) is 9.18. The number of amides is 1. The van der Waals surface area contributed by atoms with Gasteiger partial charge in [-0.05, 0) is 19.1 Å². The van der Waals surface area contributed by atoms with Gasteiger partial charge in [-0.15, -0.1) is 5.10 Å². The van der Waals surface area contributed by atoms with Crippen LogP contribution in [-0.2, 0) is 0 Å². The fraction of sp³-hybridized carbons (Fsp3) is 0.308. The van der Waals surface area contributed by atoms with E-state index in [0.717, 1.165) is 5.69 Å². The average molecular weight is 276 g/mol. The monoisotopic (exact) mass is 276 g/mol. The van der Waals surface area contributed by atoms with Crippen LogP contribution in [0.2, 0.25) is 0 Å². The summed E-state index contributed by atoms with van der Waals surface area (Å²) in [7, 11) is 0. The van der Waals surface area contributed by atoms with Gasteiger partial charge in [0.1, 0.15) is 0 Å². The summed E-state index contributed by atoms with van der Waals surface area (Å²) in [6.45, 7) is 0.788. The Morgan fingerprint density at radius 3 is 2.55 bits per heavy atom. The topological polar surface area (TPSA) is 100 Å². The highest BCUT2D eigenvalue weighted by atomic mass is 16.3. The smallest absolute Gasteiger partial charge is 0.274 e. The summed E-state index contributed by atoms with van der Waals surface area (Å²) in [6.07, 6.45) is 1.33. The SMILES string of the molecule is CC(CO)(CO)NC(=O)c1cnn(-c2ccccc2)n1. The maximum absolute atomic E-state index is 12.0. The first-order valence-electron chi connectivity index (χ1n) is 6.10. The van der Waals surface area contributed by atoms with Crippen molar-refractivity contribution in [2.45, 2.75) is 12.5 Å². The summed E-state index contributed by atoms with van der Waals surface area (Å²) in [5, 5.41) is 28.9. The molecule has 0 bridgehead atoms. The van der Waals surface area contributed by atoms with Crippen molar-refractivity contribution in [1.82, 2.24) is 20.3 Å². The first kappa shape index (κ1) is 14.2. The standard InChI is InChI=1S/C13H16N4O3/c1-13(8-18,9-19)15-12(20)11-7-14-17(16-11)10-5-3-2-4-6-10/h2-7,18-19H,8-9H2,1H3,(H,15,20). The van der Waals surface area contributed by atoms with Gasteiger partial charge in [0.25, 0.3) is 5.91 Å². The molecule has 0 aliphatic rings. The molecular weight excluding hydrogens is 260 g/mol. The second-order valence-electron chi connectivity index (χ2n) is 4.69. The lowest BCUT2D eigenvalue weighted by atomic mass is 10.1. The minimum atomic E-state index is -1.09. The molecule has 3 N–H and O–H groups in total. The van der Waals surface area contributed by atoms with E-state index < -0.39 is 11.4 Å². The molecule has 0 saturated carbocycles. The molecular formula is C13H16N4O3. The molecule has 1 amide bonds. The highest BCUT2D eigenvalue weighted by Gasteiger charge is 2.26. The summed E-state index contributed by atoms with van der Waals surface area (Å²) in [4.78, 5) is 13.3. The van der Waals surface area contributed by atoms with E-state index in [1.165, 1.54) is 17.9 Å². The van der Waals surface area contributed by atoms with E-state index in [2.05, 4.69) is 15.5 Å². The van der Waals surface area contributed by atoms with Crippen molar-refractivity contribution in [3.05, 3.63) is 42.2 Å². The molecule has 1 aromatic heterocycles. The Morgan fingerprint density at radius 2 is 1.95 bits per heavy atom. The average Bonchev–Trinajstić information content (AvgIpc) is 2.98. The number of carbonyl (C=O) groups is 1. The van der Waals surface area contributed by atoms with Gasteiger partial charge in [-0.3, -0.25) is 4.79 Å². The van der Waals surface area contributed by atoms with Crippen LogP contribution in [0.3, 0.4) is 0 Å². The van der Waals surface area contributed by atoms with E-state index in [0.29, 0.717) is 0 Å². The van der Waals surface area contributed by atoms with Crippen molar-refractivity contribution >= 4 is 5.91 Å². The van der Waals surface area contributed by atoms with Crippen molar-refractivity contribution in [2.75, 3.05) is 13.2 Å². The third-order valence-electron chi connectivity index (χ3n) is 2.82. The van der Waals surface area contributed by atoms with Crippen LogP contribution in [0, 0.1) is 0 Å². The third-order valence-corrected chi connectivity index (χ3v) is 2.82. The number of aliphatic hydroxyl groups excluding tert-OH is 2. The number of rotatable bonds is 5. The van der Waals surface area contributed by atoms with Crippen LogP contribution >= 0.6 is 0 Å². The predicted octanol–water partition coefficient (Wildman–Crippen LogP) is -0.260. The Kier molecular flexibility index (Phi) is 4.11. The molecule has 1 heterocycles. The summed E-state index contributed by atoms with van der Waals surface area (Å²) in [5.41, 5.74) is -0.242. The predicted molar refractivity (Wildman–Crippen MR) is 71.4 cm³/mol. The van der Waals surface area contributed by atoms with Gasteiger partial charge in [0.2, 0.25) is 0 Å². The Bertz CT molecular complexity index is 578. The molecule has 0 aliphatic carbocycles. The molecule has 0 fully saturated rings. The van der Waals surface area contributed by atoms with E-state index in [9.17, 15) is 4.79 Å². The zero-order valence-electron chi connectivity index (χ0n) is 11.0. The fourth-order valence-electron chi connectivity index (χ4n) is 1.52. The van der Waals surface area contributed by atoms with E-state index in [1.807, 2.05) is 30.3 Å². The second kappa shape index (κ2) is 5.81. The number of carbonyl (C=O) groups excluding carboxylic acids is 1. The van der Waals surface area contributed by atoms with Gasteiger partial charge in [0.05, 0.1) is 30.6 Å². The zero-order chi connectivity index (χ0) is 14.6. The van der Waals surface area contributed by atoms with Crippen LogP contribution in [0.25, 0.3) is 5.69 Å². The van der Waals surface area contributed by atoms with Crippen molar-refractivity contribution < 1.29 is 15.0 Å². The molecule has 7 nitrogen and oxygen atoms in total. The normalized spacial score (nSPS) is 11.3. The lowest BCUT2D eigenvalue weighted by Gasteiger charge is -2.25. The van der Waals surface area contributed by atoms with Crippen LogP contribution < -0.4 is 5.32 Å². The molecule has 20 heavy (non-hydrogen) atoms. The molecule has 0 unspecified atom stereocenters. The molecule has 0 aliphatic heterocycles. The molecule has 0 spiro atoms. The minimum Gasteiger partial charge on any atom is -0.394 e. The Morgan fingerprint density at radius 1 is 1.30 bits per heavy atom. The van der Waals surface area contributed by atoms with Gasteiger partial charge in [0, 0.05) is 0 Å². The molecule has 1 aromatic carbocycles. The highest BCUT2D eigenvalue weighted by molar-refractivity contribution is 5.92. The number of benzene rings is 1. The number of nitrogens with zero attached hydrogens (tertiary/aromatic N) is 3. The van der Waals surface area contributed by atoms with Crippen molar-refractivity contribution in [2.24, 2.45) is 0 Å². The number of hydrogen-bond acceptors (Lipinski definition) is 5. The quantitative estimate of drug-likeness (QED) is 0.698. The summed E-state index contributed by atoms with van der Waals surface area (Å²) < 4.78 is 0. The van der Waals surface area contributed by atoms with Crippen LogP contribution in [0.4, 0.5) is 0 Å². The van der Waals surface area contributed by atoms with Crippen molar-refractivity contribution in [1.29, 1.82) is 0 Å². The maximum atomic E-state index is 12.0. The van der Waals surface area contributed by atoms with Gasteiger partial charge in [-0.1, -0.05) is 18.2 Å². The lowest BCUT2D eigenvalue weighted by molar-refractivity contribution is 0.0719. The van der Waals surface area contributed by atoms with Gasteiger partial charge in [-0.25, -0.2) is 0 Å². The first-order chi connectivity index (χ1) is 9.58. The zero-order valence-corrected chi connectivity index (χ0v) is 11.0. The number of aliphatic hydroxyl groups is 2. The minimum absolute atomic E-state index is 0.113. The van der Waals surface area contributed by atoms with Crippen molar-refractivity contribution in [3.8, 4) is 5.69 Å². The molecule has 2 aromatic rings. The molecule has 0 saturated heterocycles. The molecule has 0 radical (unpaired) electrons. The summed E-state index contributed by atoms with van der Waals surface area (Å²) in [5.74, 6) is -0.502. The van der Waals surface area contributed by atoms with Gasteiger partial charge >= 0.3 is 0 Å². The van der Waals surface area contributed by atoms with E-state index >= 15 is 0 Å². The van der Waals surface area contributed by atoms with E-state index in [4.69, 9.17) is 10.2 Å². The first-order valence-corrected chi connectivity index (χ1v) is 6.10. The van der Waals surface area contributed by atoms with Gasteiger partial charge in [0.15, 0.2) is 5.69 Å². The second-order valence-corrected chi connectivity index (χ2v) is 4.69. The number of aromatic nitrogens is 3. The molecule has 106 valence electrons. The lowest BCUT2D eigenvalue weighted by Crippen LogP contribution is -2.51. The molecule has 0 atom stereocenters. The Balaban J connectivity index is 2.15. The fourth-order valence-corrected chi connectivity index (χ4v) is 1.52. The van der Waals surface area contributed by atoms with E-state index in [-0.39, 0.29) is 18.9 Å². The maximum Gasteiger partial charge on any atom is 0.274 e. The molecule has 2 rings (SSSR count).